The largest absolute Gasteiger partial charge is 0.468 e. The lowest BCUT2D eigenvalue weighted by Gasteiger charge is -2.26. The lowest BCUT2D eigenvalue weighted by Crippen LogP contribution is -2.42. The summed E-state index contributed by atoms with van der Waals surface area (Å²) < 4.78 is 41.9. The predicted molar refractivity (Wildman–Crippen MR) is 114 cm³/mol. The Bertz CT molecular complexity index is 595. The molecule has 2 N–H and O–H groups in total. The normalized spacial score (nSPS) is 15.6. The number of ether oxygens (including phenoxy) is 1. The van der Waals surface area contributed by atoms with E-state index in [9.17, 15) is 13.2 Å². The Morgan fingerprint density at radius 1 is 1.25 bits per heavy atom. The first-order valence-corrected chi connectivity index (χ1v) is 9.36. The summed E-state index contributed by atoms with van der Waals surface area (Å²) in [4.78, 5) is 10.8. The van der Waals surface area contributed by atoms with Gasteiger partial charge in [-0.1, -0.05) is 12.5 Å². The van der Waals surface area contributed by atoms with Gasteiger partial charge in [0.25, 0.3) is 0 Å². The van der Waals surface area contributed by atoms with Crippen LogP contribution in [0.3, 0.4) is 0 Å². The summed E-state index contributed by atoms with van der Waals surface area (Å²) in [6.45, 7) is 5.43. The topological polar surface area (TPSA) is 61.8 Å². The molecule has 10 heteroatoms. The van der Waals surface area contributed by atoms with Crippen LogP contribution in [0, 0.1) is 0 Å². The maximum Gasteiger partial charge on any atom is 0.422 e. The lowest BCUT2D eigenvalue weighted by molar-refractivity contribution is -0.154. The zero-order chi connectivity index (χ0) is 19.5. The number of nitrogens with zero attached hydrogens (tertiary/aromatic N) is 3. The molecule has 1 aliphatic heterocycles. The van der Waals surface area contributed by atoms with Crippen molar-refractivity contribution in [1.82, 2.24) is 20.5 Å². The van der Waals surface area contributed by atoms with Gasteiger partial charge in [-0.2, -0.15) is 13.2 Å². The molecule has 1 fully saturated rings. The van der Waals surface area contributed by atoms with Crippen molar-refractivity contribution in [3.05, 3.63) is 23.9 Å². The van der Waals surface area contributed by atoms with Crippen LogP contribution in [-0.4, -0.2) is 61.4 Å². The maximum absolute atomic E-state index is 12.4. The average molecular weight is 515 g/mol. The van der Waals surface area contributed by atoms with Gasteiger partial charge in [0.1, 0.15) is 0 Å². The second-order valence-electron chi connectivity index (χ2n) is 6.40. The summed E-state index contributed by atoms with van der Waals surface area (Å²) in [6, 6.07) is 3.32. The molecule has 0 amide bonds. The van der Waals surface area contributed by atoms with E-state index in [-0.39, 0.29) is 36.4 Å². The number of likely N-dealkylation sites (tertiary alicyclic amines) is 1. The number of hydrogen-bond donors (Lipinski definition) is 2. The van der Waals surface area contributed by atoms with Gasteiger partial charge in [-0.05, 0) is 38.9 Å². The van der Waals surface area contributed by atoms with Gasteiger partial charge >= 0.3 is 6.18 Å². The van der Waals surface area contributed by atoms with Gasteiger partial charge in [0.2, 0.25) is 5.88 Å². The fourth-order valence-corrected chi connectivity index (χ4v) is 2.85. The molecule has 2 rings (SSSR count). The first-order valence-electron chi connectivity index (χ1n) is 9.36. The number of guanidine groups is 1. The summed E-state index contributed by atoms with van der Waals surface area (Å²) in [5.41, 5.74) is 0.509. The third kappa shape index (κ3) is 9.76. The van der Waals surface area contributed by atoms with E-state index in [0.717, 1.165) is 26.2 Å². The fourth-order valence-electron chi connectivity index (χ4n) is 2.85. The van der Waals surface area contributed by atoms with Crippen LogP contribution in [0.15, 0.2) is 23.3 Å². The average Bonchev–Trinajstić information content (AvgIpc) is 2.65. The Hall–Kier alpha value is -1.30. The summed E-state index contributed by atoms with van der Waals surface area (Å²) in [5.74, 6) is 0.586. The number of hydrogen-bond acceptors (Lipinski definition) is 4. The predicted octanol–water partition coefficient (Wildman–Crippen LogP) is 3.18. The van der Waals surface area contributed by atoms with Crippen molar-refractivity contribution in [2.75, 3.05) is 39.3 Å². The fraction of sp³-hybridized carbons (Fsp3) is 0.667. The van der Waals surface area contributed by atoms with Crippen LogP contribution in [0.1, 0.15) is 31.7 Å². The van der Waals surface area contributed by atoms with Crippen molar-refractivity contribution in [3.8, 4) is 5.88 Å². The summed E-state index contributed by atoms with van der Waals surface area (Å²) >= 11 is 0. The van der Waals surface area contributed by atoms with E-state index >= 15 is 0 Å². The van der Waals surface area contributed by atoms with E-state index in [1.807, 2.05) is 6.92 Å². The van der Waals surface area contributed by atoms with Crippen LogP contribution in [0.5, 0.6) is 5.88 Å². The Kier molecular flexibility index (Phi) is 11.5. The van der Waals surface area contributed by atoms with Gasteiger partial charge in [-0.15, -0.1) is 24.0 Å². The molecule has 0 aromatic carbocycles. The third-order valence-electron chi connectivity index (χ3n) is 4.14. The van der Waals surface area contributed by atoms with Crippen LogP contribution in [0.2, 0.25) is 0 Å². The van der Waals surface area contributed by atoms with E-state index < -0.39 is 12.8 Å². The number of halogens is 4. The van der Waals surface area contributed by atoms with E-state index in [4.69, 9.17) is 4.74 Å². The first kappa shape index (κ1) is 24.7. The minimum Gasteiger partial charge on any atom is -0.468 e. The smallest absolute Gasteiger partial charge is 0.422 e. The molecule has 6 nitrogen and oxygen atoms in total. The van der Waals surface area contributed by atoms with E-state index in [1.165, 1.54) is 25.5 Å². The Morgan fingerprint density at radius 3 is 2.68 bits per heavy atom. The molecule has 28 heavy (non-hydrogen) atoms. The minimum absolute atomic E-state index is 0. The molecule has 0 bridgehead atoms. The molecule has 1 aromatic heterocycles. The highest BCUT2D eigenvalue weighted by molar-refractivity contribution is 14.0. The van der Waals surface area contributed by atoms with Crippen LogP contribution in [-0.2, 0) is 6.54 Å². The molecule has 2 heterocycles. The summed E-state index contributed by atoms with van der Waals surface area (Å²) in [7, 11) is 0. The highest BCUT2D eigenvalue weighted by Crippen LogP contribution is 2.20. The van der Waals surface area contributed by atoms with Crippen molar-refractivity contribution in [2.45, 2.75) is 38.9 Å². The number of pyridine rings is 1. The van der Waals surface area contributed by atoms with Crippen molar-refractivity contribution in [1.29, 1.82) is 0 Å². The zero-order valence-corrected chi connectivity index (χ0v) is 18.4. The van der Waals surface area contributed by atoms with E-state index in [0.29, 0.717) is 18.1 Å². The molecule has 1 saturated heterocycles. The van der Waals surface area contributed by atoms with Crippen LogP contribution >= 0.6 is 24.0 Å². The van der Waals surface area contributed by atoms with E-state index in [1.54, 1.807) is 12.1 Å². The monoisotopic (exact) mass is 515 g/mol. The minimum atomic E-state index is -4.40. The van der Waals surface area contributed by atoms with Crippen LogP contribution in [0.4, 0.5) is 13.2 Å². The number of nitrogens with one attached hydrogen (secondary N) is 2. The molecule has 0 radical (unpaired) electrons. The number of piperidine rings is 1. The second kappa shape index (κ2) is 13.0. The third-order valence-corrected chi connectivity index (χ3v) is 4.14. The summed E-state index contributed by atoms with van der Waals surface area (Å²) in [6.07, 6.45) is 0.799. The molecule has 0 spiro atoms. The van der Waals surface area contributed by atoms with Gasteiger partial charge < -0.3 is 20.3 Å². The Labute approximate surface area is 181 Å². The number of aromatic nitrogens is 1. The highest BCUT2D eigenvalue weighted by atomic mass is 127. The lowest BCUT2D eigenvalue weighted by atomic mass is 10.1. The standard InChI is InChI=1S/C18H28F3N5O.HI/c1-2-22-17(24-9-12-26-10-4-3-5-11-26)25-13-15-7-6-8-23-16(15)27-14-18(19,20)21;/h6-8H,2-5,9-14H2,1H3,(H2,22,24,25);1H. The number of aliphatic imine (C=N–C) groups is 1. The molecule has 0 aliphatic carbocycles. The SMILES string of the molecule is CCNC(=NCc1cccnc1OCC(F)(F)F)NCCN1CCCCC1.I. The Morgan fingerprint density at radius 2 is 2.00 bits per heavy atom. The van der Waals surface area contributed by atoms with Gasteiger partial charge in [0.15, 0.2) is 12.6 Å². The zero-order valence-electron chi connectivity index (χ0n) is 16.1. The van der Waals surface area contributed by atoms with E-state index in [2.05, 4.69) is 25.5 Å². The highest BCUT2D eigenvalue weighted by Gasteiger charge is 2.29. The number of rotatable bonds is 8. The second-order valence-corrected chi connectivity index (χ2v) is 6.40. The molecule has 1 aromatic rings. The molecule has 160 valence electrons. The van der Waals surface area contributed by atoms with Gasteiger partial charge in [-0.3, -0.25) is 0 Å². The molecular weight excluding hydrogens is 486 g/mol. The van der Waals surface area contributed by atoms with Crippen molar-refractivity contribution >= 4 is 29.9 Å². The van der Waals surface area contributed by atoms with Gasteiger partial charge in [-0.25, -0.2) is 9.98 Å². The number of alkyl halides is 3. The maximum atomic E-state index is 12.4. The van der Waals surface area contributed by atoms with Crippen molar-refractivity contribution in [3.63, 3.8) is 0 Å². The van der Waals surface area contributed by atoms with Gasteiger partial charge in [0, 0.05) is 31.4 Å². The van der Waals surface area contributed by atoms with Crippen LogP contribution < -0.4 is 15.4 Å². The van der Waals surface area contributed by atoms with Crippen molar-refractivity contribution < 1.29 is 17.9 Å². The molecule has 0 unspecified atom stereocenters. The molecule has 0 atom stereocenters. The molecule has 1 aliphatic rings. The summed E-state index contributed by atoms with van der Waals surface area (Å²) in [5, 5.41) is 6.42. The van der Waals surface area contributed by atoms with Crippen molar-refractivity contribution in [2.24, 2.45) is 4.99 Å². The quantitative estimate of drug-likeness (QED) is 0.317. The Balaban J connectivity index is 0.00000392. The molecular formula is C18H29F3IN5O. The van der Waals surface area contributed by atoms with Gasteiger partial charge in [0.05, 0.1) is 6.54 Å². The van der Waals surface area contributed by atoms with Crippen LogP contribution in [0.25, 0.3) is 0 Å². The first-order chi connectivity index (χ1) is 13.0. The molecule has 0 saturated carbocycles.